The average Bonchev–Trinajstić information content (AvgIpc) is 3.65. The van der Waals surface area contributed by atoms with Crippen LogP contribution in [0.5, 0.6) is 11.5 Å². The molecular weight excluding hydrogens is 525 g/mol. The maximum absolute atomic E-state index is 15.1. The molecule has 1 aromatic carbocycles. The molecule has 3 aliphatic rings. The number of rotatable bonds is 14. The van der Waals surface area contributed by atoms with Crippen molar-refractivity contribution in [3.8, 4) is 11.5 Å². The van der Waals surface area contributed by atoms with Crippen molar-refractivity contribution < 1.29 is 28.5 Å². The molecule has 2 fully saturated rings. The Morgan fingerprint density at radius 3 is 2.76 bits per heavy atom. The highest BCUT2D eigenvalue weighted by Gasteiger charge is 2.44. The van der Waals surface area contributed by atoms with Crippen molar-refractivity contribution in [1.29, 1.82) is 0 Å². The predicted molar refractivity (Wildman–Crippen MR) is 156 cm³/mol. The molecule has 41 heavy (non-hydrogen) atoms. The molecule has 1 saturated carbocycles. The Hall–Kier alpha value is -2.91. The van der Waals surface area contributed by atoms with Gasteiger partial charge in [0.15, 0.2) is 11.6 Å². The van der Waals surface area contributed by atoms with Crippen molar-refractivity contribution >= 4 is 11.8 Å². The Labute approximate surface area is 242 Å². The summed E-state index contributed by atoms with van der Waals surface area (Å²) in [7, 11) is 3.12. The van der Waals surface area contributed by atoms with Crippen molar-refractivity contribution in [3.63, 3.8) is 0 Å². The van der Waals surface area contributed by atoms with Gasteiger partial charge in [-0.3, -0.25) is 9.69 Å². The van der Waals surface area contributed by atoms with Crippen LogP contribution in [-0.2, 0) is 27.8 Å². The van der Waals surface area contributed by atoms with E-state index in [1.165, 1.54) is 18.7 Å². The van der Waals surface area contributed by atoms with Crippen LogP contribution < -0.4 is 14.8 Å². The molecule has 1 saturated heterocycles. The molecule has 5 rings (SSSR count). The number of pyridine rings is 1. The summed E-state index contributed by atoms with van der Waals surface area (Å²) in [6.45, 7) is 4.76. The summed E-state index contributed by atoms with van der Waals surface area (Å²) in [5, 5.41) is 13.6. The van der Waals surface area contributed by atoms with Crippen molar-refractivity contribution in [2.45, 2.75) is 88.7 Å². The van der Waals surface area contributed by atoms with Gasteiger partial charge >= 0.3 is 5.97 Å². The van der Waals surface area contributed by atoms with Gasteiger partial charge in [-0.15, -0.1) is 0 Å². The maximum atomic E-state index is 15.1. The fourth-order valence-electron chi connectivity index (χ4n) is 6.55. The molecule has 224 valence electrons. The van der Waals surface area contributed by atoms with Gasteiger partial charge < -0.3 is 24.6 Å². The molecule has 2 aromatic rings. The normalized spacial score (nSPS) is 20.2. The van der Waals surface area contributed by atoms with Crippen LogP contribution in [0.4, 0.5) is 10.2 Å². The number of nitrogens with zero attached hydrogens (tertiary/aromatic N) is 2. The number of benzene rings is 1. The van der Waals surface area contributed by atoms with Gasteiger partial charge in [-0.2, -0.15) is 0 Å². The van der Waals surface area contributed by atoms with Gasteiger partial charge in [0, 0.05) is 49.1 Å². The number of aryl methyl sites for hydroxylation is 1. The minimum atomic E-state index is -0.996. The molecule has 2 atom stereocenters. The van der Waals surface area contributed by atoms with Crippen molar-refractivity contribution in [2.24, 2.45) is 0 Å². The monoisotopic (exact) mass is 569 g/mol. The van der Waals surface area contributed by atoms with Crippen LogP contribution in [-0.4, -0.2) is 67.5 Å². The Morgan fingerprint density at radius 1 is 1.22 bits per heavy atom. The standard InChI is InChI=1S/C32H44FN3O5/c1-4-32(12-13-32)21-17-25(29(40-3)26(33)18-21)28(31(37)38)36-15-11-23(20-36)41-16-7-5-6-9-22-19-27(39-2)24-10-8-14-34-30(24)35-22/h17-19,23,28H,4-16,20H2,1-3H3,(H,34,35)(H,37,38)/t23-,28?/m1/s1. The smallest absolute Gasteiger partial charge is 0.325 e. The third kappa shape index (κ3) is 6.46. The number of anilines is 1. The Kier molecular flexibility index (Phi) is 9.34. The second-order valence-corrected chi connectivity index (χ2v) is 11.7. The summed E-state index contributed by atoms with van der Waals surface area (Å²) in [4.78, 5) is 19.2. The molecule has 9 heteroatoms. The number of halogens is 1. The van der Waals surface area contributed by atoms with E-state index in [9.17, 15) is 9.90 Å². The Bertz CT molecular complexity index is 1220. The molecule has 1 aliphatic carbocycles. The van der Waals surface area contributed by atoms with Crippen LogP contribution in [0.15, 0.2) is 18.2 Å². The summed E-state index contributed by atoms with van der Waals surface area (Å²) in [6, 6.07) is 4.49. The largest absolute Gasteiger partial charge is 0.496 e. The van der Waals surface area contributed by atoms with Crippen molar-refractivity contribution in [1.82, 2.24) is 9.88 Å². The van der Waals surface area contributed by atoms with E-state index in [1.807, 2.05) is 11.0 Å². The van der Waals surface area contributed by atoms with Gasteiger partial charge in [0.1, 0.15) is 17.6 Å². The minimum absolute atomic E-state index is 0.0271. The third-order valence-corrected chi connectivity index (χ3v) is 9.17. The molecule has 2 N–H and O–H groups in total. The molecule has 0 amide bonds. The van der Waals surface area contributed by atoms with Gasteiger partial charge in [-0.1, -0.05) is 13.3 Å². The van der Waals surface area contributed by atoms with E-state index in [0.29, 0.717) is 25.3 Å². The number of unbranched alkanes of at least 4 members (excludes halogenated alkanes) is 2. The molecule has 0 bridgehead atoms. The number of hydrogen-bond donors (Lipinski definition) is 2. The van der Waals surface area contributed by atoms with Crippen molar-refractivity contribution in [2.75, 3.05) is 45.8 Å². The van der Waals surface area contributed by atoms with Gasteiger partial charge in [-0.25, -0.2) is 9.37 Å². The topological polar surface area (TPSA) is 93.2 Å². The zero-order chi connectivity index (χ0) is 29.0. The first-order valence-electron chi connectivity index (χ1n) is 15.2. The lowest BCUT2D eigenvalue weighted by Gasteiger charge is -2.27. The highest BCUT2D eigenvalue weighted by molar-refractivity contribution is 5.77. The molecule has 3 heterocycles. The van der Waals surface area contributed by atoms with E-state index in [-0.39, 0.29) is 17.3 Å². The van der Waals surface area contributed by atoms with Gasteiger partial charge in [0.2, 0.25) is 0 Å². The number of nitrogens with one attached hydrogen (secondary N) is 1. The Balaban J connectivity index is 1.13. The summed E-state index contributed by atoms with van der Waals surface area (Å²) in [5.41, 5.74) is 3.46. The van der Waals surface area contributed by atoms with Crippen LogP contribution in [0.1, 0.15) is 86.7 Å². The number of likely N-dealkylation sites (tertiary alicyclic amines) is 1. The first-order valence-corrected chi connectivity index (χ1v) is 15.2. The number of methoxy groups -OCH3 is 2. The number of carbonyl (C=O) groups is 1. The van der Waals surface area contributed by atoms with Gasteiger partial charge in [0.25, 0.3) is 0 Å². The lowest BCUT2D eigenvalue weighted by Crippen LogP contribution is -2.34. The molecule has 0 radical (unpaired) electrons. The number of ether oxygens (including phenoxy) is 3. The van der Waals surface area contributed by atoms with Gasteiger partial charge in [0.05, 0.1) is 20.3 Å². The second kappa shape index (κ2) is 12.9. The minimum Gasteiger partial charge on any atom is -0.496 e. The zero-order valence-corrected chi connectivity index (χ0v) is 24.6. The maximum Gasteiger partial charge on any atom is 0.325 e. The van der Waals surface area contributed by atoms with E-state index >= 15 is 4.39 Å². The van der Waals surface area contributed by atoms with Crippen LogP contribution in [0.3, 0.4) is 0 Å². The number of fused-ring (bicyclic) bond motifs is 1. The third-order valence-electron chi connectivity index (χ3n) is 9.17. The molecule has 8 nitrogen and oxygen atoms in total. The number of carboxylic acids is 1. The van der Waals surface area contributed by atoms with E-state index < -0.39 is 17.8 Å². The van der Waals surface area contributed by atoms with E-state index in [0.717, 1.165) is 93.6 Å². The number of hydrogen-bond acceptors (Lipinski definition) is 7. The predicted octanol–water partition coefficient (Wildman–Crippen LogP) is 5.67. The van der Waals surface area contributed by atoms with Gasteiger partial charge in [-0.05, 0) is 80.9 Å². The first-order chi connectivity index (χ1) is 19.9. The van der Waals surface area contributed by atoms with Crippen LogP contribution in [0, 0.1) is 5.82 Å². The zero-order valence-electron chi connectivity index (χ0n) is 24.6. The molecule has 1 aromatic heterocycles. The fraction of sp³-hybridized carbons (Fsp3) is 0.625. The fourth-order valence-corrected chi connectivity index (χ4v) is 6.55. The van der Waals surface area contributed by atoms with Crippen molar-refractivity contribution in [3.05, 3.63) is 46.4 Å². The second-order valence-electron chi connectivity index (χ2n) is 11.7. The number of aromatic nitrogens is 1. The lowest BCUT2D eigenvalue weighted by atomic mass is 9.89. The van der Waals surface area contributed by atoms with Crippen LogP contribution in [0.2, 0.25) is 0 Å². The highest BCUT2D eigenvalue weighted by Crippen LogP contribution is 2.52. The number of aliphatic carboxylic acids is 1. The summed E-state index contributed by atoms with van der Waals surface area (Å²) in [6.07, 6.45) is 9.56. The first kappa shape index (κ1) is 29.6. The summed E-state index contributed by atoms with van der Waals surface area (Å²) in [5.74, 6) is 0.432. The van der Waals surface area contributed by atoms with Crippen LogP contribution in [0.25, 0.3) is 0 Å². The summed E-state index contributed by atoms with van der Waals surface area (Å²) >= 11 is 0. The Morgan fingerprint density at radius 2 is 2.05 bits per heavy atom. The summed E-state index contributed by atoms with van der Waals surface area (Å²) < 4.78 is 32.3. The average molecular weight is 570 g/mol. The number of carboxylic acid groups (broad SMARTS) is 1. The molecule has 1 unspecified atom stereocenters. The molecule has 0 spiro atoms. The van der Waals surface area contributed by atoms with E-state index in [2.05, 4.69) is 18.3 Å². The van der Waals surface area contributed by atoms with Crippen LogP contribution >= 0.6 is 0 Å². The quantitative estimate of drug-likeness (QED) is 0.281. The molecule has 2 aliphatic heterocycles. The molecular formula is C32H44FN3O5. The highest BCUT2D eigenvalue weighted by atomic mass is 19.1. The lowest BCUT2D eigenvalue weighted by molar-refractivity contribution is -0.143. The van der Waals surface area contributed by atoms with E-state index in [4.69, 9.17) is 19.2 Å². The SMILES string of the molecule is CCC1(c2cc(F)c(OC)c(C(C(=O)O)N3CC[C@@H](OCCCCCc4cc(OC)c5c(n4)NCCC5)C3)c2)CC1. The van der Waals surface area contributed by atoms with E-state index in [1.54, 1.807) is 7.11 Å².